The largest absolute Gasteiger partial charge is 0.344 e. The minimum atomic E-state index is -4.00. The summed E-state index contributed by atoms with van der Waals surface area (Å²) in [5.74, 6) is -0.392. The summed E-state index contributed by atoms with van der Waals surface area (Å²) in [6.07, 6.45) is 0.633. The number of nitrogens with one attached hydrogen (secondary N) is 1. The Morgan fingerprint density at radius 1 is 0.784 bits per heavy atom. The number of hydrogen-bond acceptors (Lipinski definition) is 3. The minimum Gasteiger partial charge on any atom is -0.344 e. The molecule has 0 fully saturated rings. The molecule has 0 aromatic heterocycles. The first-order valence-corrected chi connectivity index (χ1v) is 13.8. The third kappa shape index (κ3) is 6.09. The lowest BCUT2D eigenvalue weighted by Crippen LogP contribution is -2.42. The molecule has 0 saturated heterocycles. The highest BCUT2D eigenvalue weighted by Crippen LogP contribution is 2.28. The number of carbonyl (C=O) groups excluding carboxylic acids is 1. The number of anilines is 1. The lowest BCUT2D eigenvalue weighted by atomic mass is 9.97. The van der Waals surface area contributed by atoms with Crippen LogP contribution in [0.15, 0.2) is 108 Å². The maximum atomic E-state index is 13.9. The van der Waals surface area contributed by atoms with Gasteiger partial charge in [0.25, 0.3) is 10.0 Å². The van der Waals surface area contributed by atoms with E-state index in [0.29, 0.717) is 12.1 Å². The molecule has 4 aromatic rings. The van der Waals surface area contributed by atoms with Gasteiger partial charge in [-0.1, -0.05) is 103 Å². The summed E-state index contributed by atoms with van der Waals surface area (Å²) < 4.78 is 29.0. The molecule has 4 rings (SSSR count). The van der Waals surface area contributed by atoms with Crippen LogP contribution in [0.4, 0.5) is 5.69 Å². The highest BCUT2D eigenvalue weighted by Gasteiger charge is 2.29. The first kappa shape index (κ1) is 26.2. The molecule has 4 aromatic carbocycles. The van der Waals surface area contributed by atoms with Crippen molar-refractivity contribution in [3.8, 4) is 0 Å². The Labute approximate surface area is 219 Å². The van der Waals surface area contributed by atoms with Crippen LogP contribution in [0.3, 0.4) is 0 Å². The normalized spacial score (nSPS) is 12.1. The van der Waals surface area contributed by atoms with E-state index in [1.807, 2.05) is 87.5 Å². The summed E-state index contributed by atoms with van der Waals surface area (Å²) in [4.78, 5) is 13.7. The first-order valence-electron chi connectivity index (χ1n) is 12.4. The molecule has 1 unspecified atom stereocenters. The standard InChI is InChI=1S/C31H32N2O3S/c1-4-25-12-8-9-16-29(25)33(37(35,36)28-19-17-23(2)18-20-28)22-30(34)32-31(26-13-6-5-7-14-26)27-15-10-11-24(3)21-27/h5-21,31H,4,22H2,1-3H3,(H,32,34). The van der Waals surface area contributed by atoms with E-state index < -0.39 is 22.0 Å². The van der Waals surface area contributed by atoms with E-state index in [2.05, 4.69) is 5.32 Å². The number of para-hydroxylation sites is 1. The Bertz CT molecular complexity index is 1470. The Balaban J connectivity index is 1.72. The Morgan fingerprint density at radius 2 is 1.43 bits per heavy atom. The molecule has 1 atom stereocenters. The summed E-state index contributed by atoms with van der Waals surface area (Å²) in [6.45, 7) is 5.54. The van der Waals surface area contributed by atoms with Gasteiger partial charge in [0, 0.05) is 0 Å². The van der Waals surface area contributed by atoms with Crippen molar-refractivity contribution in [2.45, 2.75) is 38.1 Å². The fourth-order valence-corrected chi connectivity index (χ4v) is 5.84. The molecule has 0 aliphatic rings. The molecule has 0 heterocycles. The lowest BCUT2D eigenvalue weighted by molar-refractivity contribution is -0.120. The van der Waals surface area contributed by atoms with E-state index in [4.69, 9.17) is 0 Å². The van der Waals surface area contributed by atoms with Gasteiger partial charge in [-0.15, -0.1) is 0 Å². The van der Waals surface area contributed by atoms with Crippen LogP contribution in [0.25, 0.3) is 0 Å². The number of sulfonamides is 1. The summed E-state index contributed by atoms with van der Waals surface area (Å²) in [5.41, 5.74) is 5.25. The predicted octanol–water partition coefficient (Wildman–Crippen LogP) is 5.97. The molecular formula is C31H32N2O3S. The van der Waals surface area contributed by atoms with Crippen molar-refractivity contribution in [2.24, 2.45) is 0 Å². The van der Waals surface area contributed by atoms with E-state index >= 15 is 0 Å². The average molecular weight is 513 g/mol. The van der Waals surface area contributed by atoms with Crippen LogP contribution >= 0.6 is 0 Å². The zero-order valence-electron chi connectivity index (χ0n) is 21.4. The van der Waals surface area contributed by atoms with Crippen molar-refractivity contribution < 1.29 is 13.2 Å². The number of hydrogen-bond donors (Lipinski definition) is 1. The second kappa shape index (κ2) is 11.4. The molecule has 0 saturated carbocycles. The molecule has 1 N–H and O–H groups in total. The number of aryl methyl sites for hydroxylation is 3. The molecule has 6 heteroatoms. The number of benzene rings is 4. The van der Waals surface area contributed by atoms with E-state index in [9.17, 15) is 13.2 Å². The van der Waals surface area contributed by atoms with Gasteiger partial charge in [-0.25, -0.2) is 8.42 Å². The van der Waals surface area contributed by atoms with Crippen molar-refractivity contribution in [3.05, 3.63) is 131 Å². The predicted molar refractivity (Wildman–Crippen MR) is 149 cm³/mol. The molecular weight excluding hydrogens is 480 g/mol. The Hall–Kier alpha value is -3.90. The molecule has 0 bridgehead atoms. The Kier molecular flexibility index (Phi) is 8.09. The number of rotatable bonds is 9. The topological polar surface area (TPSA) is 66.5 Å². The van der Waals surface area contributed by atoms with Gasteiger partial charge >= 0.3 is 0 Å². The smallest absolute Gasteiger partial charge is 0.264 e. The SMILES string of the molecule is CCc1ccccc1N(CC(=O)NC(c1ccccc1)c1cccc(C)c1)S(=O)(=O)c1ccc(C)cc1. The second-order valence-electron chi connectivity index (χ2n) is 9.13. The first-order chi connectivity index (χ1) is 17.8. The van der Waals surface area contributed by atoms with Gasteiger partial charge in [-0.05, 0) is 55.2 Å². The van der Waals surface area contributed by atoms with Gasteiger partial charge in [0.15, 0.2) is 0 Å². The summed E-state index contributed by atoms with van der Waals surface area (Å²) >= 11 is 0. The third-order valence-corrected chi connectivity index (χ3v) is 8.13. The highest BCUT2D eigenvalue weighted by molar-refractivity contribution is 7.92. The van der Waals surface area contributed by atoms with E-state index in [1.165, 1.54) is 4.31 Å². The van der Waals surface area contributed by atoms with Crippen LogP contribution in [-0.2, 0) is 21.2 Å². The third-order valence-electron chi connectivity index (χ3n) is 6.35. The fourth-order valence-electron chi connectivity index (χ4n) is 4.38. The molecule has 0 spiro atoms. The van der Waals surface area contributed by atoms with E-state index in [1.54, 1.807) is 36.4 Å². The maximum absolute atomic E-state index is 13.9. The molecule has 0 aliphatic carbocycles. The van der Waals surface area contributed by atoms with Crippen LogP contribution < -0.4 is 9.62 Å². The van der Waals surface area contributed by atoms with Crippen LogP contribution in [0.2, 0.25) is 0 Å². The monoisotopic (exact) mass is 512 g/mol. The number of carbonyl (C=O) groups is 1. The maximum Gasteiger partial charge on any atom is 0.264 e. The molecule has 37 heavy (non-hydrogen) atoms. The molecule has 1 amide bonds. The summed E-state index contributed by atoms with van der Waals surface area (Å²) in [6, 6.07) is 31.3. The zero-order chi connectivity index (χ0) is 26.4. The van der Waals surface area contributed by atoms with Crippen LogP contribution in [0.1, 0.15) is 40.8 Å². The van der Waals surface area contributed by atoms with E-state index in [-0.39, 0.29) is 11.4 Å². The fraction of sp³-hybridized carbons (Fsp3) is 0.194. The van der Waals surface area contributed by atoms with Gasteiger partial charge in [0.05, 0.1) is 16.6 Å². The molecule has 0 radical (unpaired) electrons. The van der Waals surface area contributed by atoms with Gasteiger partial charge < -0.3 is 5.32 Å². The van der Waals surface area contributed by atoms with Crippen molar-refractivity contribution in [2.75, 3.05) is 10.8 Å². The van der Waals surface area contributed by atoms with Gasteiger partial charge in [0.1, 0.15) is 6.54 Å². The molecule has 190 valence electrons. The minimum absolute atomic E-state index is 0.148. The highest BCUT2D eigenvalue weighted by atomic mass is 32.2. The van der Waals surface area contributed by atoms with Gasteiger partial charge in [-0.3, -0.25) is 9.10 Å². The van der Waals surface area contributed by atoms with Crippen molar-refractivity contribution in [1.29, 1.82) is 0 Å². The molecule has 5 nitrogen and oxygen atoms in total. The Morgan fingerprint density at radius 3 is 2.11 bits per heavy atom. The number of nitrogens with zero attached hydrogens (tertiary/aromatic N) is 1. The van der Waals surface area contributed by atoms with Crippen molar-refractivity contribution in [1.82, 2.24) is 5.32 Å². The van der Waals surface area contributed by atoms with Gasteiger partial charge in [0.2, 0.25) is 5.91 Å². The average Bonchev–Trinajstić information content (AvgIpc) is 2.91. The summed E-state index contributed by atoms with van der Waals surface area (Å²) in [7, 11) is -4.00. The van der Waals surface area contributed by atoms with E-state index in [0.717, 1.165) is 27.8 Å². The quantitative estimate of drug-likeness (QED) is 0.301. The van der Waals surface area contributed by atoms with Crippen molar-refractivity contribution >= 4 is 21.6 Å². The van der Waals surface area contributed by atoms with Crippen molar-refractivity contribution in [3.63, 3.8) is 0 Å². The van der Waals surface area contributed by atoms with Crippen LogP contribution in [-0.4, -0.2) is 20.9 Å². The number of amides is 1. The van der Waals surface area contributed by atoms with Crippen LogP contribution in [0, 0.1) is 13.8 Å². The van der Waals surface area contributed by atoms with Gasteiger partial charge in [-0.2, -0.15) is 0 Å². The second-order valence-corrected chi connectivity index (χ2v) is 11.0. The summed E-state index contributed by atoms with van der Waals surface area (Å²) in [5, 5.41) is 3.10. The van der Waals surface area contributed by atoms with Crippen LogP contribution in [0.5, 0.6) is 0 Å². The lowest BCUT2D eigenvalue weighted by Gasteiger charge is -2.28. The molecule has 0 aliphatic heterocycles. The zero-order valence-corrected chi connectivity index (χ0v) is 22.2.